The van der Waals surface area contributed by atoms with Crippen LogP contribution in [0, 0.1) is 0 Å². The lowest BCUT2D eigenvalue weighted by molar-refractivity contribution is 0.333. The molecule has 0 bridgehead atoms. The number of aromatic nitrogens is 2. The number of ether oxygens (including phenoxy) is 1. The molecular weight excluding hydrogens is 252 g/mol. The summed E-state index contributed by atoms with van der Waals surface area (Å²) in [7, 11) is 0. The van der Waals surface area contributed by atoms with Crippen LogP contribution in [0.3, 0.4) is 0 Å². The Hall–Kier alpha value is -2.30. The van der Waals surface area contributed by atoms with Crippen LogP contribution in [0.1, 0.15) is 19.0 Å². The van der Waals surface area contributed by atoms with Crippen molar-refractivity contribution in [2.24, 2.45) is 0 Å². The molecule has 0 saturated carbocycles. The number of nitrogens with two attached hydrogens (primary N) is 1. The molecule has 0 unspecified atom stereocenters. The van der Waals surface area contributed by atoms with Gasteiger partial charge < -0.3 is 15.8 Å². The number of aryl methyl sites for hydroxylation is 1. The van der Waals surface area contributed by atoms with Crippen LogP contribution >= 0.6 is 0 Å². The van der Waals surface area contributed by atoms with E-state index in [1.165, 1.54) is 0 Å². The highest BCUT2D eigenvalue weighted by Gasteiger charge is 1.98. The molecular formula is C15H20N4O. The maximum absolute atomic E-state index is 5.61. The van der Waals surface area contributed by atoms with Crippen molar-refractivity contribution in [3.05, 3.63) is 42.4 Å². The Morgan fingerprint density at radius 3 is 2.75 bits per heavy atom. The monoisotopic (exact) mass is 272 g/mol. The molecule has 1 aromatic heterocycles. The van der Waals surface area contributed by atoms with Crippen LogP contribution in [0.4, 0.5) is 11.5 Å². The molecule has 5 nitrogen and oxygen atoms in total. The molecule has 0 aliphatic rings. The van der Waals surface area contributed by atoms with Gasteiger partial charge in [0.1, 0.15) is 24.5 Å². The molecule has 0 spiro atoms. The third-order valence-corrected chi connectivity index (χ3v) is 2.79. The fraction of sp³-hybridized carbons (Fsp3) is 0.333. The van der Waals surface area contributed by atoms with Crippen LogP contribution in [-0.4, -0.2) is 23.1 Å². The predicted molar refractivity (Wildman–Crippen MR) is 80.9 cm³/mol. The molecule has 3 N–H and O–H groups in total. The van der Waals surface area contributed by atoms with E-state index in [0.717, 1.165) is 35.8 Å². The first-order valence-electron chi connectivity index (χ1n) is 6.81. The van der Waals surface area contributed by atoms with Crippen molar-refractivity contribution in [2.45, 2.75) is 19.8 Å². The molecule has 5 heteroatoms. The summed E-state index contributed by atoms with van der Waals surface area (Å²) in [4.78, 5) is 8.40. The largest absolute Gasteiger partial charge is 0.492 e. The highest BCUT2D eigenvalue weighted by molar-refractivity contribution is 5.41. The minimum Gasteiger partial charge on any atom is -0.492 e. The average Bonchev–Trinajstić information content (AvgIpc) is 2.46. The number of nitrogens with one attached hydrogen (secondary N) is 1. The van der Waals surface area contributed by atoms with Gasteiger partial charge in [-0.2, -0.15) is 0 Å². The predicted octanol–water partition coefficient (Wildman–Crippen LogP) is 2.50. The zero-order valence-electron chi connectivity index (χ0n) is 11.7. The highest BCUT2D eigenvalue weighted by atomic mass is 16.5. The molecule has 0 saturated heterocycles. The summed E-state index contributed by atoms with van der Waals surface area (Å²) in [6.45, 7) is 3.39. The summed E-state index contributed by atoms with van der Waals surface area (Å²) in [5.41, 5.74) is 7.41. The number of nitrogen functional groups attached to an aromatic ring is 1. The van der Waals surface area contributed by atoms with E-state index in [2.05, 4.69) is 22.2 Å². The van der Waals surface area contributed by atoms with Crippen LogP contribution in [0.5, 0.6) is 5.75 Å². The zero-order chi connectivity index (χ0) is 14.2. The Labute approximate surface area is 119 Å². The first-order chi connectivity index (χ1) is 9.78. The van der Waals surface area contributed by atoms with Crippen molar-refractivity contribution < 1.29 is 4.74 Å². The summed E-state index contributed by atoms with van der Waals surface area (Å²) in [6, 6.07) is 9.35. The van der Waals surface area contributed by atoms with E-state index < -0.39 is 0 Å². The van der Waals surface area contributed by atoms with E-state index in [-0.39, 0.29) is 0 Å². The summed E-state index contributed by atoms with van der Waals surface area (Å²) >= 11 is 0. The molecule has 20 heavy (non-hydrogen) atoms. The second-order valence-electron chi connectivity index (χ2n) is 4.49. The normalized spacial score (nSPS) is 10.2. The van der Waals surface area contributed by atoms with Crippen LogP contribution in [0.2, 0.25) is 0 Å². The van der Waals surface area contributed by atoms with Crippen molar-refractivity contribution in [1.29, 1.82) is 0 Å². The third kappa shape index (κ3) is 4.42. The van der Waals surface area contributed by atoms with Crippen molar-refractivity contribution in [3.8, 4) is 5.75 Å². The van der Waals surface area contributed by atoms with E-state index in [9.17, 15) is 0 Å². The van der Waals surface area contributed by atoms with Gasteiger partial charge in [-0.1, -0.05) is 13.3 Å². The first kappa shape index (κ1) is 14.1. The zero-order valence-corrected chi connectivity index (χ0v) is 11.7. The van der Waals surface area contributed by atoms with Gasteiger partial charge in [-0.05, 0) is 30.7 Å². The van der Waals surface area contributed by atoms with Crippen molar-refractivity contribution in [3.63, 3.8) is 0 Å². The van der Waals surface area contributed by atoms with Crippen molar-refractivity contribution in [2.75, 3.05) is 24.2 Å². The third-order valence-electron chi connectivity index (χ3n) is 2.79. The molecule has 0 aliphatic heterocycles. The number of hydrogen-bond donors (Lipinski definition) is 2. The minimum absolute atomic E-state index is 0.567. The first-order valence-corrected chi connectivity index (χ1v) is 6.81. The minimum atomic E-state index is 0.567. The SMILES string of the molecule is CCCc1cc(NCCOc2ccc(N)cc2)ncn1. The van der Waals surface area contributed by atoms with Gasteiger partial charge in [0.25, 0.3) is 0 Å². The molecule has 0 amide bonds. The van der Waals surface area contributed by atoms with Crippen LogP contribution in [0.15, 0.2) is 36.7 Å². The summed E-state index contributed by atoms with van der Waals surface area (Å²) in [5, 5.41) is 3.22. The molecule has 1 heterocycles. The fourth-order valence-corrected chi connectivity index (χ4v) is 1.80. The molecule has 2 aromatic rings. The Kier molecular flexibility index (Phi) is 5.17. The van der Waals surface area contributed by atoms with Gasteiger partial charge >= 0.3 is 0 Å². The van der Waals surface area contributed by atoms with Gasteiger partial charge in [0.05, 0.1) is 6.54 Å². The Bertz CT molecular complexity index is 528. The molecule has 2 rings (SSSR count). The highest BCUT2D eigenvalue weighted by Crippen LogP contribution is 2.12. The Morgan fingerprint density at radius 1 is 1.20 bits per heavy atom. The number of rotatable bonds is 7. The molecule has 1 aromatic carbocycles. The average molecular weight is 272 g/mol. The van der Waals surface area contributed by atoms with E-state index in [1.807, 2.05) is 30.3 Å². The van der Waals surface area contributed by atoms with Crippen LogP contribution < -0.4 is 15.8 Å². The lowest BCUT2D eigenvalue weighted by Crippen LogP contribution is -2.12. The topological polar surface area (TPSA) is 73.1 Å². The number of nitrogens with zero attached hydrogens (tertiary/aromatic N) is 2. The number of benzene rings is 1. The molecule has 0 radical (unpaired) electrons. The van der Waals surface area contributed by atoms with Crippen molar-refractivity contribution in [1.82, 2.24) is 9.97 Å². The Balaban J connectivity index is 1.75. The number of anilines is 2. The molecule has 106 valence electrons. The lowest BCUT2D eigenvalue weighted by Gasteiger charge is -2.08. The summed E-state index contributed by atoms with van der Waals surface area (Å²) < 4.78 is 5.60. The molecule has 0 aliphatic carbocycles. The van der Waals surface area contributed by atoms with Crippen molar-refractivity contribution >= 4 is 11.5 Å². The quantitative estimate of drug-likeness (QED) is 0.598. The maximum atomic E-state index is 5.61. The van der Waals surface area contributed by atoms with Gasteiger partial charge in [-0.15, -0.1) is 0 Å². The van der Waals surface area contributed by atoms with E-state index in [0.29, 0.717) is 13.2 Å². The van der Waals surface area contributed by atoms with E-state index >= 15 is 0 Å². The maximum Gasteiger partial charge on any atom is 0.129 e. The van der Waals surface area contributed by atoms with Crippen LogP contribution in [0.25, 0.3) is 0 Å². The van der Waals surface area contributed by atoms with Crippen LogP contribution in [-0.2, 0) is 6.42 Å². The second kappa shape index (κ2) is 7.33. The van der Waals surface area contributed by atoms with Gasteiger partial charge in [-0.25, -0.2) is 9.97 Å². The second-order valence-corrected chi connectivity index (χ2v) is 4.49. The van der Waals surface area contributed by atoms with E-state index in [4.69, 9.17) is 10.5 Å². The van der Waals surface area contributed by atoms with Gasteiger partial charge in [-0.3, -0.25) is 0 Å². The molecule has 0 atom stereocenters. The smallest absolute Gasteiger partial charge is 0.129 e. The van der Waals surface area contributed by atoms with Gasteiger partial charge in [0.2, 0.25) is 0 Å². The number of hydrogen-bond acceptors (Lipinski definition) is 5. The fourth-order valence-electron chi connectivity index (χ4n) is 1.80. The van der Waals surface area contributed by atoms with Gasteiger partial charge in [0.15, 0.2) is 0 Å². The van der Waals surface area contributed by atoms with E-state index in [1.54, 1.807) is 6.33 Å². The Morgan fingerprint density at radius 2 is 2.00 bits per heavy atom. The lowest BCUT2D eigenvalue weighted by atomic mass is 10.2. The summed E-state index contributed by atoms with van der Waals surface area (Å²) in [5.74, 6) is 1.65. The standard InChI is InChI=1S/C15H20N4O/c1-2-3-13-10-15(19-11-18-13)17-8-9-20-14-6-4-12(16)5-7-14/h4-7,10-11H,2-3,8-9,16H2,1H3,(H,17,18,19). The molecule has 0 fully saturated rings. The summed E-state index contributed by atoms with van der Waals surface area (Å²) in [6.07, 6.45) is 3.64. The van der Waals surface area contributed by atoms with Gasteiger partial charge in [0, 0.05) is 17.4 Å².